The van der Waals surface area contributed by atoms with Crippen LogP contribution in [-0.2, 0) is 20.9 Å². The lowest BCUT2D eigenvalue weighted by Gasteiger charge is -2.12. The number of nitrogens with zero attached hydrogens (tertiary/aromatic N) is 5. The van der Waals surface area contributed by atoms with Gasteiger partial charge in [0.15, 0.2) is 17.3 Å². The van der Waals surface area contributed by atoms with Gasteiger partial charge in [0.25, 0.3) is 0 Å². The number of nitrogens with one attached hydrogen (secondary N) is 1. The summed E-state index contributed by atoms with van der Waals surface area (Å²) in [5.74, 6) is -0.336. The van der Waals surface area contributed by atoms with Crippen molar-refractivity contribution < 1.29 is 19.0 Å². The molecule has 3 aromatic heterocycles. The van der Waals surface area contributed by atoms with Crippen molar-refractivity contribution in [3.8, 4) is 11.5 Å². The van der Waals surface area contributed by atoms with Crippen molar-refractivity contribution in [1.82, 2.24) is 30.2 Å². The summed E-state index contributed by atoms with van der Waals surface area (Å²) in [5, 5.41) is 11.2. The number of nitrogen functional groups attached to an aromatic ring is 1. The average Bonchev–Trinajstić information content (AvgIpc) is 3.50. The van der Waals surface area contributed by atoms with Crippen molar-refractivity contribution in [2.75, 3.05) is 18.0 Å². The first-order valence-electron chi connectivity index (χ1n) is 10.0. The molecule has 4 heterocycles. The zero-order chi connectivity index (χ0) is 22.0. The van der Waals surface area contributed by atoms with Crippen LogP contribution < -0.4 is 11.1 Å². The second-order valence-corrected chi connectivity index (χ2v) is 8.33. The Bertz CT molecular complexity index is 1110. The maximum Gasteiger partial charge on any atom is 0.330 e. The fourth-order valence-electron chi connectivity index (χ4n) is 3.38. The fraction of sp³-hybridized carbons (Fsp3) is 0.474. The number of aromatic nitrogens is 5. The van der Waals surface area contributed by atoms with Gasteiger partial charge in [-0.25, -0.2) is 19.4 Å². The number of esters is 2. The molecule has 0 amide bonds. The van der Waals surface area contributed by atoms with Gasteiger partial charge in [0.1, 0.15) is 11.6 Å². The molecule has 3 aromatic rings. The maximum absolute atomic E-state index is 12.3. The number of carbonyl (C=O) groups is 2. The number of carbonyl (C=O) groups excluding carboxylic acids is 2. The van der Waals surface area contributed by atoms with E-state index in [2.05, 4.69) is 25.6 Å². The number of hydrogen-bond donors (Lipinski definition) is 2. The second kappa shape index (κ2) is 9.02. The van der Waals surface area contributed by atoms with Crippen LogP contribution in [0.15, 0.2) is 21.9 Å². The summed E-state index contributed by atoms with van der Waals surface area (Å²) >= 11 is 1.41. The molecule has 0 saturated carbocycles. The van der Waals surface area contributed by atoms with Crippen molar-refractivity contribution in [3.63, 3.8) is 0 Å². The molecule has 0 aromatic carbocycles. The van der Waals surface area contributed by atoms with Gasteiger partial charge in [-0.15, -0.1) is 11.8 Å². The molecule has 1 aliphatic heterocycles. The summed E-state index contributed by atoms with van der Waals surface area (Å²) in [5.41, 5.74) is 7.74. The van der Waals surface area contributed by atoms with E-state index in [1.54, 1.807) is 13.1 Å². The third-order valence-electron chi connectivity index (χ3n) is 5.08. The van der Waals surface area contributed by atoms with Gasteiger partial charge in [-0.05, 0) is 42.7 Å². The Labute approximate surface area is 182 Å². The van der Waals surface area contributed by atoms with Crippen molar-refractivity contribution in [2.45, 2.75) is 44.3 Å². The number of imidazole rings is 1. The number of ether oxygens (including phenoxy) is 1. The number of rotatable bonds is 7. The Kier molecular flexibility index (Phi) is 6.18. The lowest BCUT2D eigenvalue weighted by molar-refractivity contribution is -0.163. The van der Waals surface area contributed by atoms with Crippen LogP contribution in [0.3, 0.4) is 0 Å². The third-order valence-corrected chi connectivity index (χ3v) is 6.27. The number of nitrogens with two attached hydrogens (primary N) is 1. The SMILES string of the molecule is CCn1c(-c2nonc2N)nc2cnc(SC[C@@H](C)C(=O)OC(=O)[C@@H]3CCCN3)cc21. The molecular weight excluding hydrogens is 422 g/mol. The molecule has 0 radical (unpaired) electrons. The van der Waals surface area contributed by atoms with Gasteiger partial charge in [-0.1, -0.05) is 6.92 Å². The molecule has 2 atom stereocenters. The summed E-state index contributed by atoms with van der Waals surface area (Å²) < 4.78 is 11.7. The molecule has 164 valence electrons. The van der Waals surface area contributed by atoms with Crippen molar-refractivity contribution in [3.05, 3.63) is 12.3 Å². The summed E-state index contributed by atoms with van der Waals surface area (Å²) in [6, 6.07) is 1.51. The van der Waals surface area contributed by atoms with Crippen LogP contribution in [0.4, 0.5) is 5.82 Å². The van der Waals surface area contributed by atoms with Crippen molar-refractivity contribution in [2.24, 2.45) is 5.92 Å². The van der Waals surface area contributed by atoms with Gasteiger partial charge in [-0.2, -0.15) is 0 Å². The predicted octanol–water partition coefficient (Wildman–Crippen LogP) is 1.63. The minimum atomic E-state index is -0.526. The number of hydrogen-bond acceptors (Lipinski definition) is 11. The van der Waals surface area contributed by atoms with Crippen molar-refractivity contribution in [1.29, 1.82) is 0 Å². The van der Waals surface area contributed by atoms with E-state index >= 15 is 0 Å². The molecule has 1 fully saturated rings. The van der Waals surface area contributed by atoms with E-state index in [9.17, 15) is 9.59 Å². The normalized spacial score (nSPS) is 17.2. The third kappa shape index (κ3) is 4.39. The largest absolute Gasteiger partial charge is 0.392 e. The van der Waals surface area contributed by atoms with Crippen molar-refractivity contribution >= 4 is 40.6 Å². The standard InChI is InChI=1S/C19H23N7O4S/c1-3-26-13-7-14(22-8-12(13)23-17(26)15-16(20)25-30-24-15)31-9-10(2)18(27)29-19(28)11-5-4-6-21-11/h7-8,10-11,21H,3-6,9H2,1-2H3,(H2,20,25)/t10-,11+/m1/s1. The zero-order valence-corrected chi connectivity index (χ0v) is 18.0. The molecule has 11 nitrogen and oxygen atoms in total. The van der Waals surface area contributed by atoms with Crippen LogP contribution in [0.2, 0.25) is 0 Å². The first-order chi connectivity index (χ1) is 15.0. The summed E-state index contributed by atoms with van der Waals surface area (Å²) in [7, 11) is 0. The molecule has 1 aliphatic rings. The molecule has 0 unspecified atom stereocenters. The first kappa shape index (κ1) is 21.2. The van der Waals surface area contributed by atoms with E-state index in [-0.39, 0.29) is 11.9 Å². The maximum atomic E-state index is 12.3. The predicted molar refractivity (Wildman–Crippen MR) is 113 cm³/mol. The Morgan fingerprint density at radius 3 is 2.97 bits per heavy atom. The van der Waals surface area contributed by atoms with Crippen LogP contribution in [0.25, 0.3) is 22.6 Å². The topological polar surface area (TPSA) is 151 Å². The van der Waals surface area contributed by atoms with Crippen LogP contribution in [0, 0.1) is 5.92 Å². The van der Waals surface area contributed by atoms with E-state index in [4.69, 9.17) is 15.1 Å². The van der Waals surface area contributed by atoms with E-state index in [1.165, 1.54) is 11.8 Å². The van der Waals surface area contributed by atoms with Gasteiger partial charge in [0.2, 0.25) is 0 Å². The van der Waals surface area contributed by atoms with E-state index in [0.29, 0.717) is 35.8 Å². The average molecular weight is 446 g/mol. The highest BCUT2D eigenvalue weighted by molar-refractivity contribution is 7.99. The zero-order valence-electron chi connectivity index (χ0n) is 17.2. The summed E-state index contributed by atoms with van der Waals surface area (Å²) in [6.07, 6.45) is 3.26. The van der Waals surface area contributed by atoms with Gasteiger partial charge in [-0.3, -0.25) is 4.79 Å². The molecule has 31 heavy (non-hydrogen) atoms. The number of anilines is 1. The molecule has 0 spiro atoms. The van der Waals surface area contributed by atoms with Gasteiger partial charge < -0.3 is 20.4 Å². The Balaban J connectivity index is 1.44. The van der Waals surface area contributed by atoms with Gasteiger partial charge in [0, 0.05) is 12.3 Å². The number of fused-ring (bicyclic) bond motifs is 1. The molecular formula is C19H23N7O4S. The van der Waals surface area contributed by atoms with Gasteiger partial charge in [0.05, 0.1) is 22.7 Å². The van der Waals surface area contributed by atoms with Crippen LogP contribution in [0.1, 0.15) is 26.7 Å². The quantitative estimate of drug-likeness (QED) is 0.310. The Morgan fingerprint density at radius 2 is 2.29 bits per heavy atom. The number of thioether (sulfide) groups is 1. The summed E-state index contributed by atoms with van der Waals surface area (Å²) in [6.45, 7) is 5.11. The molecule has 12 heteroatoms. The van der Waals surface area contributed by atoms with E-state index < -0.39 is 17.9 Å². The van der Waals surface area contributed by atoms with Crippen LogP contribution >= 0.6 is 11.8 Å². The van der Waals surface area contributed by atoms with E-state index in [1.807, 2.05) is 17.6 Å². The monoisotopic (exact) mass is 445 g/mol. The number of aryl methyl sites for hydroxylation is 1. The Hall–Kier alpha value is -2.99. The lowest BCUT2D eigenvalue weighted by atomic mass is 10.2. The highest BCUT2D eigenvalue weighted by Crippen LogP contribution is 2.29. The minimum Gasteiger partial charge on any atom is -0.392 e. The smallest absolute Gasteiger partial charge is 0.330 e. The molecule has 0 bridgehead atoms. The van der Waals surface area contributed by atoms with E-state index in [0.717, 1.165) is 23.5 Å². The minimum absolute atomic E-state index is 0.169. The molecule has 3 N–H and O–H groups in total. The highest BCUT2D eigenvalue weighted by atomic mass is 32.2. The first-order valence-corrected chi connectivity index (χ1v) is 11.0. The summed E-state index contributed by atoms with van der Waals surface area (Å²) in [4.78, 5) is 33.2. The second-order valence-electron chi connectivity index (χ2n) is 7.29. The Morgan fingerprint density at radius 1 is 1.45 bits per heavy atom. The highest BCUT2D eigenvalue weighted by Gasteiger charge is 2.27. The molecule has 1 saturated heterocycles. The van der Waals surface area contributed by atoms with Gasteiger partial charge >= 0.3 is 11.9 Å². The molecule has 0 aliphatic carbocycles. The van der Waals surface area contributed by atoms with Crippen LogP contribution in [-0.4, -0.2) is 55.1 Å². The molecule has 4 rings (SSSR count). The fourth-order valence-corrected chi connectivity index (χ4v) is 4.25. The lowest BCUT2D eigenvalue weighted by Crippen LogP contribution is -2.35. The van der Waals surface area contributed by atoms with Crippen LogP contribution in [0.5, 0.6) is 0 Å². The number of pyridine rings is 1.